The molecule has 1 amide bonds. The predicted octanol–water partition coefficient (Wildman–Crippen LogP) is 2.71. The Morgan fingerprint density at radius 3 is 2.57 bits per heavy atom. The summed E-state index contributed by atoms with van der Waals surface area (Å²) < 4.78 is 2.01. The second kappa shape index (κ2) is 8.12. The molecule has 0 saturated carbocycles. The van der Waals surface area contributed by atoms with E-state index in [4.69, 9.17) is 5.10 Å². The van der Waals surface area contributed by atoms with Gasteiger partial charge in [-0.2, -0.15) is 5.10 Å². The number of rotatable bonds is 5. The summed E-state index contributed by atoms with van der Waals surface area (Å²) >= 11 is 1.44. The molecule has 1 fully saturated rings. The zero-order valence-corrected chi connectivity index (χ0v) is 16.9. The van der Waals surface area contributed by atoms with Gasteiger partial charge in [-0.05, 0) is 26.0 Å². The number of anilines is 2. The van der Waals surface area contributed by atoms with Crippen LogP contribution in [0.1, 0.15) is 11.4 Å². The molecule has 0 bridgehead atoms. The zero-order chi connectivity index (χ0) is 19.5. The molecule has 4 rings (SSSR count). The van der Waals surface area contributed by atoms with E-state index in [0.29, 0.717) is 11.7 Å². The first-order valence-electron chi connectivity index (χ1n) is 9.40. The molecule has 0 atom stereocenters. The maximum absolute atomic E-state index is 12.2. The molecule has 2 aromatic heterocycles. The van der Waals surface area contributed by atoms with Crippen molar-refractivity contribution in [2.24, 2.45) is 0 Å². The summed E-state index contributed by atoms with van der Waals surface area (Å²) in [6.07, 6.45) is 1.69. The fraction of sp³-hybridized carbons (Fsp3) is 0.350. The lowest BCUT2D eigenvalue weighted by Gasteiger charge is -2.35. The zero-order valence-electron chi connectivity index (χ0n) is 16.1. The van der Waals surface area contributed by atoms with Crippen LogP contribution in [-0.4, -0.2) is 58.3 Å². The Morgan fingerprint density at radius 2 is 1.89 bits per heavy atom. The van der Waals surface area contributed by atoms with Gasteiger partial charge in [0, 0.05) is 37.8 Å². The summed E-state index contributed by atoms with van der Waals surface area (Å²) in [4.78, 5) is 20.9. The molecule has 0 spiro atoms. The molecule has 0 unspecified atom stereocenters. The number of hydrogen-bond acceptors (Lipinski definition) is 6. The molecule has 7 nitrogen and oxygen atoms in total. The standard InChI is InChI=1S/C20H24N6OS/c1-15-19(16(2)26(23-15)17-6-4-3-5-7-17)25-11-9-24(10-12-25)14-18(27)22-20-21-8-13-28-20/h3-8,13H,9-12,14H2,1-2H3,(H,21,22,27). The third-order valence-electron chi connectivity index (χ3n) is 4.99. The monoisotopic (exact) mass is 396 g/mol. The number of piperazine rings is 1. The molecule has 1 aliphatic rings. The Bertz CT molecular complexity index is 929. The predicted molar refractivity (Wildman–Crippen MR) is 112 cm³/mol. The van der Waals surface area contributed by atoms with Crippen molar-refractivity contribution in [3.63, 3.8) is 0 Å². The average molecular weight is 397 g/mol. The molecule has 28 heavy (non-hydrogen) atoms. The van der Waals surface area contributed by atoms with Gasteiger partial charge in [0.1, 0.15) is 0 Å². The van der Waals surface area contributed by atoms with E-state index in [1.54, 1.807) is 6.20 Å². The number of nitrogens with one attached hydrogen (secondary N) is 1. The summed E-state index contributed by atoms with van der Waals surface area (Å²) in [6, 6.07) is 10.2. The molecular weight excluding hydrogens is 372 g/mol. The van der Waals surface area contributed by atoms with Crippen LogP contribution in [0.4, 0.5) is 10.8 Å². The maximum Gasteiger partial charge on any atom is 0.240 e. The number of para-hydroxylation sites is 1. The molecule has 1 saturated heterocycles. The number of benzene rings is 1. The van der Waals surface area contributed by atoms with Crippen molar-refractivity contribution < 1.29 is 4.79 Å². The van der Waals surface area contributed by atoms with Gasteiger partial charge < -0.3 is 10.2 Å². The summed E-state index contributed by atoms with van der Waals surface area (Å²) in [7, 11) is 0. The highest BCUT2D eigenvalue weighted by atomic mass is 32.1. The minimum absolute atomic E-state index is 0.00680. The van der Waals surface area contributed by atoms with E-state index < -0.39 is 0 Å². The molecule has 0 radical (unpaired) electrons. The summed E-state index contributed by atoms with van der Waals surface area (Å²) in [6.45, 7) is 8.04. The van der Waals surface area contributed by atoms with Gasteiger partial charge in [0.15, 0.2) is 5.13 Å². The molecule has 146 valence electrons. The maximum atomic E-state index is 12.2. The van der Waals surface area contributed by atoms with Gasteiger partial charge in [0.25, 0.3) is 0 Å². The smallest absolute Gasteiger partial charge is 0.240 e. The van der Waals surface area contributed by atoms with E-state index in [9.17, 15) is 4.79 Å². The second-order valence-corrected chi connectivity index (χ2v) is 7.81. The van der Waals surface area contributed by atoms with Gasteiger partial charge in [0.2, 0.25) is 5.91 Å². The number of thiazole rings is 1. The number of carbonyl (C=O) groups is 1. The van der Waals surface area contributed by atoms with Crippen molar-refractivity contribution in [2.75, 3.05) is 42.9 Å². The van der Waals surface area contributed by atoms with Crippen LogP contribution in [0.5, 0.6) is 0 Å². The minimum atomic E-state index is -0.00680. The molecular formula is C20H24N6OS. The van der Waals surface area contributed by atoms with Crippen LogP contribution < -0.4 is 10.2 Å². The van der Waals surface area contributed by atoms with Crippen molar-refractivity contribution in [3.8, 4) is 5.69 Å². The van der Waals surface area contributed by atoms with Crippen LogP contribution in [-0.2, 0) is 4.79 Å². The summed E-state index contributed by atoms with van der Waals surface area (Å²) in [5, 5.41) is 10.1. The summed E-state index contributed by atoms with van der Waals surface area (Å²) in [5.41, 5.74) is 4.47. The molecule has 3 heterocycles. The third kappa shape index (κ3) is 3.93. The number of amides is 1. The highest BCUT2D eigenvalue weighted by molar-refractivity contribution is 7.13. The Labute approximate surface area is 168 Å². The fourth-order valence-electron chi connectivity index (χ4n) is 3.69. The lowest BCUT2D eigenvalue weighted by atomic mass is 10.2. The van der Waals surface area contributed by atoms with Gasteiger partial charge in [-0.15, -0.1) is 11.3 Å². The van der Waals surface area contributed by atoms with E-state index in [0.717, 1.165) is 43.3 Å². The molecule has 3 aromatic rings. The lowest BCUT2D eigenvalue weighted by molar-refractivity contribution is -0.117. The first kappa shape index (κ1) is 18.6. The molecule has 1 N–H and O–H groups in total. The topological polar surface area (TPSA) is 66.3 Å². The quantitative estimate of drug-likeness (QED) is 0.718. The van der Waals surface area contributed by atoms with E-state index in [2.05, 4.69) is 46.1 Å². The molecule has 0 aliphatic carbocycles. The highest BCUT2D eigenvalue weighted by Crippen LogP contribution is 2.27. The van der Waals surface area contributed by atoms with Crippen LogP contribution in [0.15, 0.2) is 41.9 Å². The van der Waals surface area contributed by atoms with E-state index >= 15 is 0 Å². The fourth-order valence-corrected chi connectivity index (χ4v) is 4.23. The van der Waals surface area contributed by atoms with E-state index in [-0.39, 0.29) is 5.91 Å². The van der Waals surface area contributed by atoms with Crippen LogP contribution >= 0.6 is 11.3 Å². The Kier molecular flexibility index (Phi) is 5.40. The van der Waals surface area contributed by atoms with Crippen molar-refractivity contribution in [3.05, 3.63) is 53.3 Å². The van der Waals surface area contributed by atoms with Gasteiger partial charge in [-0.3, -0.25) is 9.69 Å². The van der Waals surface area contributed by atoms with Crippen molar-refractivity contribution in [1.82, 2.24) is 19.7 Å². The number of aryl methyl sites for hydroxylation is 1. The first-order valence-corrected chi connectivity index (χ1v) is 10.3. The normalized spacial score (nSPS) is 15.0. The van der Waals surface area contributed by atoms with Gasteiger partial charge in [0.05, 0.1) is 29.3 Å². The molecule has 1 aromatic carbocycles. The first-order chi connectivity index (χ1) is 13.6. The second-order valence-electron chi connectivity index (χ2n) is 6.92. The Morgan fingerprint density at radius 1 is 1.14 bits per heavy atom. The van der Waals surface area contributed by atoms with Gasteiger partial charge in [-0.25, -0.2) is 9.67 Å². The number of nitrogens with zero attached hydrogens (tertiary/aromatic N) is 5. The van der Waals surface area contributed by atoms with E-state index in [1.165, 1.54) is 17.0 Å². The van der Waals surface area contributed by atoms with Crippen molar-refractivity contribution >= 4 is 28.1 Å². The van der Waals surface area contributed by atoms with Crippen LogP contribution in [0.25, 0.3) is 5.69 Å². The van der Waals surface area contributed by atoms with Gasteiger partial charge in [-0.1, -0.05) is 18.2 Å². The van der Waals surface area contributed by atoms with E-state index in [1.807, 2.05) is 28.3 Å². The number of hydrogen-bond donors (Lipinski definition) is 1. The van der Waals surface area contributed by atoms with Crippen LogP contribution in [0.3, 0.4) is 0 Å². The Balaban J connectivity index is 1.39. The van der Waals surface area contributed by atoms with Gasteiger partial charge >= 0.3 is 0 Å². The third-order valence-corrected chi connectivity index (χ3v) is 5.68. The van der Waals surface area contributed by atoms with Crippen LogP contribution in [0.2, 0.25) is 0 Å². The lowest BCUT2D eigenvalue weighted by Crippen LogP contribution is -2.49. The Hall–Kier alpha value is -2.71. The average Bonchev–Trinajstić information content (AvgIpc) is 3.31. The summed E-state index contributed by atoms with van der Waals surface area (Å²) in [5.74, 6) is -0.00680. The minimum Gasteiger partial charge on any atom is -0.366 e. The highest BCUT2D eigenvalue weighted by Gasteiger charge is 2.24. The number of aromatic nitrogens is 3. The van der Waals surface area contributed by atoms with Crippen LogP contribution in [0, 0.1) is 13.8 Å². The van der Waals surface area contributed by atoms with Crippen molar-refractivity contribution in [1.29, 1.82) is 0 Å². The number of carbonyl (C=O) groups excluding carboxylic acids is 1. The largest absolute Gasteiger partial charge is 0.366 e. The molecule has 8 heteroatoms. The molecule has 1 aliphatic heterocycles. The SMILES string of the molecule is Cc1nn(-c2ccccc2)c(C)c1N1CCN(CC(=O)Nc2nccs2)CC1. The van der Waals surface area contributed by atoms with Crippen molar-refractivity contribution in [2.45, 2.75) is 13.8 Å².